The number of amidine groups is 1. The summed E-state index contributed by atoms with van der Waals surface area (Å²) in [5, 5.41) is 0.836. The second-order valence-corrected chi connectivity index (χ2v) is 9.83. The molecule has 4 nitrogen and oxygen atoms in total. The van der Waals surface area contributed by atoms with Crippen LogP contribution < -0.4 is 4.74 Å². The summed E-state index contributed by atoms with van der Waals surface area (Å²) in [7, 11) is 0. The maximum atomic E-state index is 13.3. The summed E-state index contributed by atoms with van der Waals surface area (Å²) < 4.78 is 32.2. The van der Waals surface area contributed by atoms with Crippen LogP contribution in [-0.2, 0) is 0 Å². The number of hydrogen-bond acceptors (Lipinski definition) is 4. The molecule has 3 heterocycles. The lowest BCUT2D eigenvalue weighted by Gasteiger charge is -2.45. The molecule has 0 radical (unpaired) electrons. The summed E-state index contributed by atoms with van der Waals surface area (Å²) in [6, 6.07) is 3.97. The van der Waals surface area contributed by atoms with Gasteiger partial charge in [0.2, 0.25) is 0 Å². The van der Waals surface area contributed by atoms with Crippen molar-refractivity contribution in [3.05, 3.63) is 52.6 Å². The third-order valence-electron chi connectivity index (χ3n) is 7.16. The van der Waals surface area contributed by atoms with Crippen molar-refractivity contribution in [1.82, 2.24) is 9.80 Å². The number of rotatable bonds is 6. The fourth-order valence-corrected chi connectivity index (χ4v) is 5.80. The van der Waals surface area contributed by atoms with Gasteiger partial charge in [0.05, 0.1) is 25.2 Å². The highest BCUT2D eigenvalue weighted by Gasteiger charge is 2.36. The van der Waals surface area contributed by atoms with E-state index in [1.807, 2.05) is 0 Å². The fourth-order valence-electron chi connectivity index (χ4n) is 5.51. The van der Waals surface area contributed by atoms with Gasteiger partial charge in [0.25, 0.3) is 0 Å². The Bertz CT molecular complexity index is 919. The largest absolute Gasteiger partial charge is 0.493 e. The van der Waals surface area contributed by atoms with E-state index in [0.29, 0.717) is 18.6 Å². The Morgan fingerprint density at radius 3 is 2.66 bits per heavy atom. The van der Waals surface area contributed by atoms with Crippen LogP contribution in [0.25, 0.3) is 0 Å². The van der Waals surface area contributed by atoms with E-state index in [0.717, 1.165) is 75.8 Å². The van der Waals surface area contributed by atoms with Crippen LogP contribution in [0.4, 0.5) is 8.78 Å². The van der Waals surface area contributed by atoms with Gasteiger partial charge in [-0.2, -0.15) is 0 Å². The van der Waals surface area contributed by atoms with Crippen molar-refractivity contribution in [2.45, 2.75) is 50.6 Å². The summed E-state index contributed by atoms with van der Waals surface area (Å²) in [6.45, 7) is 4.55. The topological polar surface area (TPSA) is 28.1 Å². The molecule has 0 amide bonds. The molecule has 4 aliphatic rings. The summed E-state index contributed by atoms with van der Waals surface area (Å²) in [5.41, 5.74) is 1.46. The monoisotopic (exact) mass is 461 g/mol. The highest BCUT2D eigenvalue weighted by Crippen LogP contribution is 2.35. The minimum atomic E-state index is -0.604. The summed E-state index contributed by atoms with van der Waals surface area (Å²) in [6.07, 6.45) is 10.7. The van der Waals surface area contributed by atoms with Gasteiger partial charge in [0.15, 0.2) is 0 Å². The van der Waals surface area contributed by atoms with E-state index < -0.39 is 11.6 Å². The number of benzene rings is 1. The molecule has 32 heavy (non-hydrogen) atoms. The molecule has 2 atom stereocenters. The van der Waals surface area contributed by atoms with E-state index in [4.69, 9.17) is 21.3 Å². The summed E-state index contributed by atoms with van der Waals surface area (Å²) >= 11 is 6.42. The van der Waals surface area contributed by atoms with Crippen LogP contribution >= 0.6 is 11.6 Å². The van der Waals surface area contributed by atoms with Crippen molar-refractivity contribution in [2.24, 2.45) is 10.9 Å². The van der Waals surface area contributed by atoms with Crippen molar-refractivity contribution in [1.29, 1.82) is 0 Å². The molecule has 0 saturated carbocycles. The summed E-state index contributed by atoms with van der Waals surface area (Å²) in [5.74, 6) is 0.850. The Kier molecular flexibility index (Phi) is 6.51. The van der Waals surface area contributed by atoms with Gasteiger partial charge in [-0.15, -0.1) is 0 Å². The Labute approximate surface area is 193 Å². The van der Waals surface area contributed by atoms with E-state index >= 15 is 0 Å². The van der Waals surface area contributed by atoms with Gasteiger partial charge < -0.3 is 9.64 Å². The Hall–Kier alpha value is -1.92. The van der Waals surface area contributed by atoms with Crippen LogP contribution in [0, 0.1) is 17.6 Å². The first kappa shape index (κ1) is 21.9. The zero-order valence-corrected chi connectivity index (χ0v) is 19.0. The molecule has 0 spiro atoms. The number of nitrogens with zero attached hydrogens (tertiary/aromatic N) is 3. The number of piperidine rings is 2. The molecule has 1 aromatic rings. The van der Waals surface area contributed by atoms with E-state index in [-0.39, 0.29) is 11.8 Å². The zero-order chi connectivity index (χ0) is 22.1. The number of allylic oxidation sites excluding steroid dienone is 2. The SMILES string of the molecule is Fc1cc(F)cc(OCCC2CCN(CC3=NC4C=C(Cl)C=C5CCCN3C5C4)CC2)c1. The smallest absolute Gasteiger partial charge is 0.129 e. The molecule has 5 rings (SSSR count). The molecule has 3 aliphatic heterocycles. The van der Waals surface area contributed by atoms with Gasteiger partial charge in [-0.1, -0.05) is 11.6 Å². The molecule has 1 aliphatic carbocycles. The van der Waals surface area contributed by atoms with Crippen LogP contribution in [-0.4, -0.2) is 60.5 Å². The zero-order valence-electron chi connectivity index (χ0n) is 18.3. The van der Waals surface area contributed by atoms with Crippen molar-refractivity contribution in [3.8, 4) is 5.75 Å². The number of fused-ring (bicyclic) bond motifs is 1. The average Bonchev–Trinajstić information content (AvgIpc) is 2.90. The van der Waals surface area contributed by atoms with E-state index in [2.05, 4.69) is 22.0 Å². The average molecular weight is 462 g/mol. The first-order chi connectivity index (χ1) is 15.5. The van der Waals surface area contributed by atoms with Gasteiger partial charge in [-0.3, -0.25) is 9.89 Å². The lowest BCUT2D eigenvalue weighted by atomic mass is 9.90. The third-order valence-corrected chi connectivity index (χ3v) is 7.39. The van der Waals surface area contributed by atoms with Crippen LogP contribution in [0.2, 0.25) is 0 Å². The number of ether oxygens (including phenoxy) is 1. The number of hydrogen-bond donors (Lipinski definition) is 0. The lowest BCUT2D eigenvalue weighted by Crippen LogP contribution is -2.53. The van der Waals surface area contributed by atoms with Gasteiger partial charge >= 0.3 is 0 Å². The van der Waals surface area contributed by atoms with Crippen molar-refractivity contribution in [2.75, 3.05) is 32.8 Å². The van der Waals surface area contributed by atoms with Crippen LogP contribution in [0.3, 0.4) is 0 Å². The Balaban J connectivity index is 1.12. The van der Waals surface area contributed by atoms with Crippen LogP contribution in [0.5, 0.6) is 5.75 Å². The first-order valence-electron chi connectivity index (χ1n) is 11.8. The maximum absolute atomic E-state index is 13.3. The second-order valence-electron chi connectivity index (χ2n) is 9.39. The number of halogens is 3. The first-order valence-corrected chi connectivity index (χ1v) is 12.1. The standard InChI is InChI=1S/C25H30ClF2N3O/c26-19-10-18-2-1-6-31-24(18)15-22(11-19)29-25(31)16-30-7-3-17(4-8-30)5-9-32-23-13-20(27)12-21(28)14-23/h10-14,17,22,24H,1-9,15-16H2. The van der Waals surface area contributed by atoms with E-state index in [9.17, 15) is 8.78 Å². The Morgan fingerprint density at radius 2 is 1.88 bits per heavy atom. The van der Waals surface area contributed by atoms with Crippen molar-refractivity contribution >= 4 is 17.4 Å². The highest BCUT2D eigenvalue weighted by atomic mass is 35.5. The summed E-state index contributed by atoms with van der Waals surface area (Å²) in [4.78, 5) is 10.1. The van der Waals surface area contributed by atoms with Gasteiger partial charge in [-0.25, -0.2) is 8.78 Å². The third kappa shape index (κ3) is 5.01. The molecule has 2 saturated heterocycles. The molecule has 1 aromatic carbocycles. The van der Waals surface area contributed by atoms with Crippen LogP contribution in [0.15, 0.2) is 45.9 Å². The van der Waals surface area contributed by atoms with Gasteiger partial charge in [0.1, 0.15) is 23.2 Å². The molecule has 0 N–H and O–H groups in total. The van der Waals surface area contributed by atoms with Crippen LogP contribution in [0.1, 0.15) is 38.5 Å². The normalized spacial score (nSPS) is 26.2. The molecule has 172 valence electrons. The molecule has 2 unspecified atom stereocenters. The lowest BCUT2D eigenvalue weighted by molar-refractivity contribution is 0.169. The minimum Gasteiger partial charge on any atom is -0.493 e. The molecule has 2 fully saturated rings. The predicted molar refractivity (Wildman–Crippen MR) is 123 cm³/mol. The molecular formula is C25H30ClF2N3O. The van der Waals surface area contributed by atoms with E-state index in [1.165, 1.54) is 23.5 Å². The minimum absolute atomic E-state index is 0.188. The van der Waals surface area contributed by atoms with Gasteiger partial charge in [-0.05, 0) is 75.3 Å². The molecule has 2 bridgehead atoms. The second kappa shape index (κ2) is 9.52. The Morgan fingerprint density at radius 1 is 1.09 bits per heavy atom. The predicted octanol–water partition coefficient (Wildman–Crippen LogP) is 5.14. The number of likely N-dealkylation sites (tertiary alicyclic amines) is 1. The molecular weight excluding hydrogens is 432 g/mol. The van der Waals surface area contributed by atoms with E-state index in [1.54, 1.807) is 0 Å². The quantitative estimate of drug-likeness (QED) is 0.587. The molecule has 0 aromatic heterocycles. The maximum Gasteiger partial charge on any atom is 0.129 e. The molecule has 7 heteroatoms. The number of aliphatic imine (C=N–C) groups is 1. The van der Waals surface area contributed by atoms with Crippen molar-refractivity contribution in [3.63, 3.8) is 0 Å². The fraction of sp³-hybridized carbons (Fsp3) is 0.560. The highest BCUT2D eigenvalue weighted by molar-refractivity contribution is 6.31. The van der Waals surface area contributed by atoms with Gasteiger partial charge in [0, 0.05) is 29.8 Å². The van der Waals surface area contributed by atoms with Crippen molar-refractivity contribution < 1.29 is 13.5 Å².